The number of carbonyl (C=O) groups excluding carboxylic acids is 1. The number of methoxy groups -OCH3 is 2. The van der Waals surface area contributed by atoms with Gasteiger partial charge in [-0.2, -0.15) is 0 Å². The van der Waals surface area contributed by atoms with E-state index in [-0.39, 0.29) is 5.95 Å². The Labute approximate surface area is 159 Å². The van der Waals surface area contributed by atoms with Crippen LogP contribution in [0.2, 0.25) is 0 Å². The Bertz CT molecular complexity index is 859. The quantitative estimate of drug-likeness (QED) is 0.807. The minimum absolute atomic E-state index is 0.133. The Morgan fingerprint density at radius 3 is 2.62 bits per heavy atom. The van der Waals surface area contributed by atoms with Gasteiger partial charge in [0, 0.05) is 11.1 Å². The van der Waals surface area contributed by atoms with Crippen molar-refractivity contribution >= 4 is 28.0 Å². The average Bonchev–Trinajstić information content (AvgIpc) is 3.05. The van der Waals surface area contributed by atoms with Gasteiger partial charge in [-0.25, -0.2) is 14.8 Å². The number of fused-ring (bicyclic) bond motifs is 1. The minimum atomic E-state index is -0.393. The highest BCUT2D eigenvalue weighted by Gasteiger charge is 2.30. The maximum absolute atomic E-state index is 12.1. The SMILES string of the molecule is CCOC(=O)N1Cc2nc(N)nc(-c3cc(OC)c(Br)cc3OC)c2C1. The lowest BCUT2D eigenvalue weighted by atomic mass is 10.0. The number of hydrogen-bond acceptors (Lipinski definition) is 7. The van der Waals surface area contributed by atoms with Gasteiger partial charge < -0.3 is 19.9 Å². The van der Waals surface area contributed by atoms with Crippen LogP contribution >= 0.6 is 15.9 Å². The van der Waals surface area contributed by atoms with E-state index in [1.807, 2.05) is 6.07 Å². The fourth-order valence-corrected chi connectivity index (χ4v) is 3.37. The first-order chi connectivity index (χ1) is 12.5. The molecule has 0 radical (unpaired) electrons. The van der Waals surface area contributed by atoms with Crippen molar-refractivity contribution in [2.75, 3.05) is 26.6 Å². The van der Waals surface area contributed by atoms with Gasteiger partial charge in [0.1, 0.15) is 11.5 Å². The van der Waals surface area contributed by atoms with Crippen molar-refractivity contribution in [3.63, 3.8) is 0 Å². The predicted octanol–water partition coefficient (Wildman–Crippen LogP) is 2.98. The number of carbonyl (C=O) groups is 1. The maximum Gasteiger partial charge on any atom is 0.410 e. The molecule has 0 fully saturated rings. The van der Waals surface area contributed by atoms with Crippen LogP contribution in [-0.2, 0) is 17.8 Å². The van der Waals surface area contributed by atoms with Crippen molar-refractivity contribution in [2.24, 2.45) is 0 Å². The molecule has 0 aliphatic carbocycles. The number of nitrogen functional groups attached to an aromatic ring is 1. The van der Waals surface area contributed by atoms with Crippen LogP contribution < -0.4 is 15.2 Å². The highest BCUT2D eigenvalue weighted by molar-refractivity contribution is 9.10. The van der Waals surface area contributed by atoms with Gasteiger partial charge in [-0.05, 0) is 35.0 Å². The number of nitrogens with zero attached hydrogens (tertiary/aromatic N) is 3. The second-order valence-corrected chi connectivity index (χ2v) is 6.45. The van der Waals surface area contributed by atoms with Crippen LogP contribution in [0.15, 0.2) is 16.6 Å². The van der Waals surface area contributed by atoms with Crippen LogP contribution in [0.5, 0.6) is 11.5 Å². The van der Waals surface area contributed by atoms with Crippen LogP contribution in [0.1, 0.15) is 18.2 Å². The third-order valence-corrected chi connectivity index (χ3v) is 4.67. The molecule has 26 heavy (non-hydrogen) atoms. The van der Waals surface area contributed by atoms with Crippen molar-refractivity contribution in [3.05, 3.63) is 27.9 Å². The highest BCUT2D eigenvalue weighted by Crippen LogP contribution is 2.41. The zero-order valence-electron chi connectivity index (χ0n) is 14.7. The summed E-state index contributed by atoms with van der Waals surface area (Å²) in [4.78, 5) is 22.3. The number of benzene rings is 1. The van der Waals surface area contributed by atoms with Gasteiger partial charge in [0.15, 0.2) is 0 Å². The third kappa shape index (κ3) is 3.26. The predicted molar refractivity (Wildman–Crippen MR) is 99.0 cm³/mol. The van der Waals surface area contributed by atoms with Crippen LogP contribution in [0, 0.1) is 0 Å². The monoisotopic (exact) mass is 422 g/mol. The van der Waals surface area contributed by atoms with Crippen molar-refractivity contribution in [3.8, 4) is 22.8 Å². The lowest BCUT2D eigenvalue weighted by Crippen LogP contribution is -2.26. The summed E-state index contributed by atoms with van der Waals surface area (Å²) in [5, 5.41) is 0. The molecule has 2 aromatic rings. The van der Waals surface area contributed by atoms with Crippen LogP contribution in [-0.4, -0.2) is 41.8 Å². The third-order valence-electron chi connectivity index (χ3n) is 4.05. The van der Waals surface area contributed by atoms with Crippen LogP contribution in [0.4, 0.5) is 10.7 Å². The van der Waals surface area contributed by atoms with E-state index >= 15 is 0 Å². The summed E-state index contributed by atoms with van der Waals surface area (Å²) >= 11 is 3.45. The van der Waals surface area contributed by atoms with Crippen molar-refractivity contribution in [1.29, 1.82) is 0 Å². The molecule has 1 aliphatic heterocycles. The first-order valence-electron chi connectivity index (χ1n) is 7.97. The molecule has 2 N–H and O–H groups in total. The molecule has 8 nitrogen and oxygen atoms in total. The van der Waals surface area contributed by atoms with Crippen molar-refractivity contribution in [2.45, 2.75) is 20.0 Å². The fraction of sp³-hybridized carbons (Fsp3) is 0.353. The molecular weight excluding hydrogens is 404 g/mol. The van der Waals surface area contributed by atoms with Gasteiger partial charge in [0.2, 0.25) is 5.95 Å². The molecule has 0 saturated heterocycles. The standard InChI is InChI=1S/C17H19BrN4O4/c1-4-26-17(23)22-7-10-12(8-22)20-16(19)21-15(10)9-5-14(25-3)11(18)6-13(9)24-2/h5-6H,4,7-8H2,1-3H3,(H2,19,20,21). The number of aromatic nitrogens is 2. The number of rotatable bonds is 4. The van der Waals surface area contributed by atoms with E-state index in [1.54, 1.807) is 32.1 Å². The van der Waals surface area contributed by atoms with Gasteiger partial charge >= 0.3 is 6.09 Å². The molecule has 0 saturated carbocycles. The first kappa shape index (κ1) is 18.2. The van der Waals surface area contributed by atoms with Crippen LogP contribution in [0.25, 0.3) is 11.3 Å². The lowest BCUT2D eigenvalue weighted by Gasteiger charge is -2.15. The zero-order chi connectivity index (χ0) is 18.8. The molecule has 0 spiro atoms. The Morgan fingerprint density at radius 2 is 1.96 bits per heavy atom. The summed E-state index contributed by atoms with van der Waals surface area (Å²) in [5.74, 6) is 1.37. The van der Waals surface area contributed by atoms with Gasteiger partial charge in [-0.3, -0.25) is 4.90 Å². The molecule has 3 rings (SSSR count). The summed E-state index contributed by atoms with van der Waals surface area (Å²) in [6, 6.07) is 3.62. The van der Waals surface area contributed by atoms with Crippen LogP contribution in [0.3, 0.4) is 0 Å². The van der Waals surface area contributed by atoms with E-state index in [0.29, 0.717) is 48.1 Å². The smallest absolute Gasteiger partial charge is 0.410 e. The summed E-state index contributed by atoms with van der Waals surface area (Å²) in [6.45, 7) is 2.74. The molecule has 0 unspecified atom stereocenters. The summed E-state index contributed by atoms with van der Waals surface area (Å²) in [6.07, 6.45) is -0.393. The van der Waals surface area contributed by atoms with Crippen molar-refractivity contribution in [1.82, 2.24) is 14.9 Å². The topological polar surface area (TPSA) is 99.8 Å². The molecule has 9 heteroatoms. The van der Waals surface area contributed by atoms with E-state index in [1.165, 1.54) is 0 Å². The second-order valence-electron chi connectivity index (χ2n) is 5.60. The van der Waals surface area contributed by atoms with E-state index < -0.39 is 6.09 Å². The van der Waals surface area contributed by atoms with Gasteiger partial charge in [-0.15, -0.1) is 0 Å². The normalized spacial score (nSPS) is 12.7. The zero-order valence-corrected chi connectivity index (χ0v) is 16.3. The highest BCUT2D eigenvalue weighted by atomic mass is 79.9. The number of anilines is 1. The molecule has 1 amide bonds. The largest absolute Gasteiger partial charge is 0.496 e. The summed E-state index contributed by atoms with van der Waals surface area (Å²) in [5.41, 5.74) is 8.74. The molecule has 2 heterocycles. The molecule has 1 aromatic heterocycles. The van der Waals surface area contributed by atoms with Gasteiger partial charge in [0.05, 0.1) is 49.8 Å². The van der Waals surface area contributed by atoms with Gasteiger partial charge in [0.25, 0.3) is 0 Å². The molecular formula is C17H19BrN4O4. The van der Waals surface area contributed by atoms with E-state index in [0.717, 1.165) is 10.0 Å². The Kier molecular flexibility index (Phi) is 5.17. The minimum Gasteiger partial charge on any atom is -0.496 e. The Morgan fingerprint density at radius 1 is 1.23 bits per heavy atom. The molecule has 0 atom stereocenters. The molecule has 0 bridgehead atoms. The summed E-state index contributed by atoms with van der Waals surface area (Å²) < 4.78 is 16.7. The Hall–Kier alpha value is -2.55. The number of nitrogens with two attached hydrogens (primary N) is 1. The molecule has 138 valence electrons. The number of halogens is 1. The lowest BCUT2D eigenvalue weighted by molar-refractivity contribution is 0.106. The number of ether oxygens (including phenoxy) is 3. The van der Waals surface area contributed by atoms with Crippen molar-refractivity contribution < 1.29 is 19.0 Å². The summed E-state index contributed by atoms with van der Waals surface area (Å²) in [7, 11) is 3.16. The van der Waals surface area contributed by atoms with E-state index in [4.69, 9.17) is 19.9 Å². The Balaban J connectivity index is 2.11. The maximum atomic E-state index is 12.1. The fourth-order valence-electron chi connectivity index (χ4n) is 2.89. The van der Waals surface area contributed by atoms with E-state index in [2.05, 4.69) is 25.9 Å². The second kappa shape index (κ2) is 7.36. The number of amides is 1. The van der Waals surface area contributed by atoms with E-state index in [9.17, 15) is 4.79 Å². The number of hydrogen-bond donors (Lipinski definition) is 1. The average molecular weight is 423 g/mol. The molecule has 1 aromatic carbocycles. The first-order valence-corrected chi connectivity index (χ1v) is 8.76. The molecule has 1 aliphatic rings. The van der Waals surface area contributed by atoms with Gasteiger partial charge in [-0.1, -0.05) is 0 Å².